The maximum absolute atomic E-state index is 11.9. The van der Waals surface area contributed by atoms with Crippen molar-refractivity contribution < 1.29 is 9.53 Å². The zero-order valence-corrected chi connectivity index (χ0v) is 12.1. The molecule has 2 aromatic rings. The second kappa shape index (κ2) is 6.38. The maximum atomic E-state index is 11.9. The van der Waals surface area contributed by atoms with Gasteiger partial charge in [0, 0.05) is 10.2 Å². The molecule has 0 aliphatic heterocycles. The zero-order valence-electron chi connectivity index (χ0n) is 10.5. The third kappa shape index (κ3) is 4.10. The van der Waals surface area contributed by atoms with Gasteiger partial charge in [0.05, 0.1) is 13.5 Å². The van der Waals surface area contributed by atoms with Gasteiger partial charge in [-0.1, -0.05) is 34.1 Å². The van der Waals surface area contributed by atoms with Crippen molar-refractivity contribution >= 4 is 27.5 Å². The maximum Gasteiger partial charge on any atom is 0.228 e. The van der Waals surface area contributed by atoms with Crippen LogP contribution in [0, 0.1) is 0 Å². The van der Waals surface area contributed by atoms with Crippen LogP contribution in [-0.2, 0) is 11.2 Å². The minimum Gasteiger partial charge on any atom is -0.497 e. The molecule has 0 fully saturated rings. The Morgan fingerprint density at radius 1 is 1.21 bits per heavy atom. The van der Waals surface area contributed by atoms with Crippen molar-refractivity contribution in [2.75, 3.05) is 12.4 Å². The number of benzene rings is 2. The Morgan fingerprint density at radius 3 is 2.58 bits per heavy atom. The van der Waals surface area contributed by atoms with Crippen LogP contribution < -0.4 is 10.1 Å². The minimum atomic E-state index is -0.0386. The molecule has 1 amide bonds. The van der Waals surface area contributed by atoms with Crippen molar-refractivity contribution in [2.45, 2.75) is 6.42 Å². The van der Waals surface area contributed by atoms with Crippen LogP contribution in [0.15, 0.2) is 53.0 Å². The van der Waals surface area contributed by atoms with E-state index in [0.717, 1.165) is 21.5 Å². The molecule has 2 rings (SSSR count). The highest BCUT2D eigenvalue weighted by Crippen LogP contribution is 2.16. The first-order chi connectivity index (χ1) is 9.17. The van der Waals surface area contributed by atoms with E-state index < -0.39 is 0 Å². The summed E-state index contributed by atoms with van der Waals surface area (Å²) in [5.74, 6) is 0.749. The summed E-state index contributed by atoms with van der Waals surface area (Å²) >= 11 is 3.37. The fraction of sp³-hybridized carbons (Fsp3) is 0.133. The van der Waals surface area contributed by atoms with Gasteiger partial charge >= 0.3 is 0 Å². The Kier molecular flexibility index (Phi) is 4.58. The van der Waals surface area contributed by atoms with Crippen LogP contribution in [0.5, 0.6) is 5.75 Å². The zero-order chi connectivity index (χ0) is 13.7. The van der Waals surface area contributed by atoms with Crippen molar-refractivity contribution in [1.29, 1.82) is 0 Å². The van der Waals surface area contributed by atoms with Crippen LogP contribution in [0.4, 0.5) is 5.69 Å². The lowest BCUT2D eigenvalue weighted by Gasteiger charge is -2.06. The van der Waals surface area contributed by atoms with Gasteiger partial charge < -0.3 is 10.1 Å². The summed E-state index contributed by atoms with van der Waals surface area (Å²) < 4.78 is 6.02. The second-order valence-corrected chi connectivity index (χ2v) is 5.00. The Morgan fingerprint density at radius 2 is 1.95 bits per heavy atom. The number of anilines is 1. The summed E-state index contributed by atoms with van der Waals surface area (Å²) in [6.45, 7) is 0. The number of ether oxygens (including phenoxy) is 1. The SMILES string of the molecule is COc1ccc(CC(=O)Nc2cccc(Br)c2)cc1. The fourth-order valence-electron chi connectivity index (χ4n) is 1.70. The number of methoxy groups -OCH3 is 1. The number of carbonyl (C=O) groups excluding carboxylic acids is 1. The quantitative estimate of drug-likeness (QED) is 0.934. The standard InChI is InChI=1S/C15H14BrNO2/c1-19-14-7-5-11(6-8-14)9-15(18)17-13-4-2-3-12(16)10-13/h2-8,10H,9H2,1H3,(H,17,18). The highest BCUT2D eigenvalue weighted by molar-refractivity contribution is 9.10. The van der Waals surface area contributed by atoms with E-state index in [1.807, 2.05) is 48.5 Å². The molecular formula is C15H14BrNO2. The van der Waals surface area contributed by atoms with Crippen molar-refractivity contribution in [2.24, 2.45) is 0 Å². The van der Waals surface area contributed by atoms with Crippen LogP contribution >= 0.6 is 15.9 Å². The third-order valence-electron chi connectivity index (χ3n) is 2.63. The second-order valence-electron chi connectivity index (χ2n) is 4.08. The van der Waals surface area contributed by atoms with Crippen LogP contribution in [0.1, 0.15) is 5.56 Å². The van der Waals surface area contributed by atoms with Crippen molar-refractivity contribution in [1.82, 2.24) is 0 Å². The van der Waals surface area contributed by atoms with Gasteiger partial charge in [0.15, 0.2) is 0 Å². The molecule has 19 heavy (non-hydrogen) atoms. The van der Waals surface area contributed by atoms with Gasteiger partial charge in [-0.05, 0) is 35.9 Å². The lowest BCUT2D eigenvalue weighted by Crippen LogP contribution is -2.14. The number of nitrogens with one attached hydrogen (secondary N) is 1. The van der Waals surface area contributed by atoms with Crippen molar-refractivity contribution in [3.63, 3.8) is 0 Å². The van der Waals surface area contributed by atoms with E-state index in [1.165, 1.54) is 0 Å². The molecule has 0 saturated carbocycles. The summed E-state index contributed by atoms with van der Waals surface area (Å²) in [5, 5.41) is 2.86. The highest BCUT2D eigenvalue weighted by Gasteiger charge is 2.04. The lowest BCUT2D eigenvalue weighted by atomic mass is 10.1. The van der Waals surface area contributed by atoms with E-state index in [4.69, 9.17) is 4.74 Å². The van der Waals surface area contributed by atoms with Gasteiger partial charge in [0.2, 0.25) is 5.91 Å². The molecule has 0 radical (unpaired) electrons. The van der Waals surface area contributed by atoms with Gasteiger partial charge in [0.1, 0.15) is 5.75 Å². The molecule has 3 nitrogen and oxygen atoms in total. The Bertz CT molecular complexity index is 567. The smallest absolute Gasteiger partial charge is 0.228 e. The van der Waals surface area contributed by atoms with E-state index in [9.17, 15) is 4.79 Å². The predicted molar refractivity (Wildman–Crippen MR) is 79.5 cm³/mol. The summed E-state index contributed by atoms with van der Waals surface area (Å²) in [6, 6.07) is 15.0. The Labute approximate surface area is 120 Å². The number of rotatable bonds is 4. The number of hydrogen-bond acceptors (Lipinski definition) is 2. The lowest BCUT2D eigenvalue weighted by molar-refractivity contribution is -0.115. The largest absolute Gasteiger partial charge is 0.497 e. The molecule has 0 atom stereocenters. The topological polar surface area (TPSA) is 38.3 Å². The molecule has 98 valence electrons. The molecule has 0 spiro atoms. The molecule has 0 unspecified atom stereocenters. The Hall–Kier alpha value is -1.81. The molecule has 1 N–H and O–H groups in total. The molecule has 0 bridgehead atoms. The number of halogens is 1. The molecule has 0 aliphatic carbocycles. The molecule has 0 saturated heterocycles. The summed E-state index contributed by atoms with van der Waals surface area (Å²) in [4.78, 5) is 11.9. The third-order valence-corrected chi connectivity index (χ3v) is 3.13. The minimum absolute atomic E-state index is 0.0386. The van der Waals surface area contributed by atoms with E-state index in [2.05, 4.69) is 21.2 Å². The van der Waals surface area contributed by atoms with Gasteiger partial charge in [0.25, 0.3) is 0 Å². The number of carbonyl (C=O) groups is 1. The first-order valence-corrected chi connectivity index (χ1v) is 6.65. The van der Waals surface area contributed by atoms with Gasteiger partial charge in [-0.3, -0.25) is 4.79 Å². The molecule has 0 heterocycles. The van der Waals surface area contributed by atoms with E-state index in [0.29, 0.717) is 6.42 Å². The summed E-state index contributed by atoms with van der Waals surface area (Å²) in [6.07, 6.45) is 0.344. The molecule has 0 aliphatic rings. The van der Waals surface area contributed by atoms with Crippen LogP contribution in [-0.4, -0.2) is 13.0 Å². The van der Waals surface area contributed by atoms with Crippen molar-refractivity contribution in [3.8, 4) is 5.75 Å². The summed E-state index contributed by atoms with van der Waals surface area (Å²) in [5.41, 5.74) is 1.74. The van der Waals surface area contributed by atoms with Crippen LogP contribution in [0.2, 0.25) is 0 Å². The molecular weight excluding hydrogens is 306 g/mol. The highest BCUT2D eigenvalue weighted by atomic mass is 79.9. The normalized spacial score (nSPS) is 10.0. The average molecular weight is 320 g/mol. The van der Waals surface area contributed by atoms with Gasteiger partial charge in [-0.25, -0.2) is 0 Å². The molecule has 0 aromatic heterocycles. The van der Waals surface area contributed by atoms with Gasteiger partial charge in [-0.15, -0.1) is 0 Å². The predicted octanol–water partition coefficient (Wildman–Crippen LogP) is 3.64. The number of hydrogen-bond donors (Lipinski definition) is 1. The van der Waals surface area contributed by atoms with Crippen molar-refractivity contribution in [3.05, 3.63) is 58.6 Å². The molecule has 2 aromatic carbocycles. The van der Waals surface area contributed by atoms with E-state index in [1.54, 1.807) is 7.11 Å². The first kappa shape index (κ1) is 13.6. The van der Waals surface area contributed by atoms with Gasteiger partial charge in [-0.2, -0.15) is 0 Å². The fourth-order valence-corrected chi connectivity index (χ4v) is 2.10. The molecule has 4 heteroatoms. The first-order valence-electron chi connectivity index (χ1n) is 5.86. The average Bonchev–Trinajstić information content (AvgIpc) is 2.39. The summed E-state index contributed by atoms with van der Waals surface area (Å²) in [7, 11) is 1.62. The van der Waals surface area contributed by atoms with Crippen LogP contribution in [0.25, 0.3) is 0 Å². The number of amides is 1. The van der Waals surface area contributed by atoms with E-state index in [-0.39, 0.29) is 5.91 Å². The Balaban J connectivity index is 1.97. The van der Waals surface area contributed by atoms with Crippen LogP contribution in [0.3, 0.4) is 0 Å². The monoisotopic (exact) mass is 319 g/mol. The van der Waals surface area contributed by atoms with E-state index >= 15 is 0 Å².